The molecular formula is C11H20BrNO2. The summed E-state index contributed by atoms with van der Waals surface area (Å²) in [6, 6.07) is 0.214. The van der Waals surface area contributed by atoms with Crippen LogP contribution in [0.4, 0.5) is 0 Å². The topological polar surface area (TPSA) is 29.5 Å². The van der Waals surface area contributed by atoms with Gasteiger partial charge in [0.1, 0.15) is 0 Å². The van der Waals surface area contributed by atoms with Gasteiger partial charge >= 0.3 is 0 Å². The van der Waals surface area contributed by atoms with Crippen molar-refractivity contribution in [2.45, 2.75) is 39.3 Å². The molecule has 0 spiro atoms. The average Bonchev–Trinajstić information content (AvgIpc) is 2.17. The van der Waals surface area contributed by atoms with Gasteiger partial charge in [0.15, 0.2) is 0 Å². The van der Waals surface area contributed by atoms with Gasteiger partial charge in [0.2, 0.25) is 5.91 Å². The van der Waals surface area contributed by atoms with Crippen LogP contribution in [0.25, 0.3) is 0 Å². The Hall–Kier alpha value is -0.0900. The molecule has 88 valence electrons. The molecule has 1 aliphatic heterocycles. The van der Waals surface area contributed by atoms with E-state index in [1.807, 2.05) is 11.8 Å². The van der Waals surface area contributed by atoms with E-state index in [9.17, 15) is 4.79 Å². The minimum atomic E-state index is 0.150. The van der Waals surface area contributed by atoms with Crippen LogP contribution < -0.4 is 0 Å². The normalized spacial score (nSPS) is 27.1. The van der Waals surface area contributed by atoms with E-state index in [-0.39, 0.29) is 18.1 Å². The second kappa shape index (κ2) is 5.85. The monoisotopic (exact) mass is 277 g/mol. The molecule has 0 bridgehead atoms. The van der Waals surface area contributed by atoms with E-state index in [0.29, 0.717) is 18.9 Å². The van der Waals surface area contributed by atoms with E-state index in [0.717, 1.165) is 11.9 Å². The number of morpholine rings is 1. The maximum Gasteiger partial charge on any atom is 0.223 e. The lowest BCUT2D eigenvalue weighted by molar-refractivity contribution is -0.143. The minimum absolute atomic E-state index is 0.150. The van der Waals surface area contributed by atoms with Gasteiger partial charge in [-0.1, -0.05) is 29.8 Å². The van der Waals surface area contributed by atoms with Gasteiger partial charge in [0.25, 0.3) is 0 Å². The molecule has 0 saturated carbocycles. The molecule has 15 heavy (non-hydrogen) atoms. The summed E-state index contributed by atoms with van der Waals surface area (Å²) in [7, 11) is 0. The second-order valence-electron chi connectivity index (χ2n) is 4.60. The van der Waals surface area contributed by atoms with E-state index in [1.165, 1.54) is 0 Å². The lowest BCUT2D eigenvalue weighted by Crippen LogP contribution is -2.51. The fourth-order valence-corrected chi connectivity index (χ4v) is 2.12. The zero-order valence-electron chi connectivity index (χ0n) is 9.70. The number of hydrogen-bond acceptors (Lipinski definition) is 2. The summed E-state index contributed by atoms with van der Waals surface area (Å²) >= 11 is 3.40. The number of amides is 1. The number of carbonyl (C=O) groups is 1. The molecule has 0 radical (unpaired) electrons. The average molecular weight is 278 g/mol. The van der Waals surface area contributed by atoms with Gasteiger partial charge in [-0.25, -0.2) is 0 Å². The van der Waals surface area contributed by atoms with Crippen LogP contribution >= 0.6 is 15.9 Å². The van der Waals surface area contributed by atoms with E-state index in [4.69, 9.17) is 4.74 Å². The first kappa shape index (κ1) is 13.0. The Morgan fingerprint density at radius 1 is 1.60 bits per heavy atom. The van der Waals surface area contributed by atoms with Crippen LogP contribution in [-0.4, -0.2) is 41.4 Å². The maximum absolute atomic E-state index is 11.9. The summed E-state index contributed by atoms with van der Waals surface area (Å²) in [4.78, 5) is 13.9. The molecule has 0 aromatic rings. The molecular weight excluding hydrogens is 258 g/mol. The Morgan fingerprint density at radius 2 is 2.27 bits per heavy atom. The van der Waals surface area contributed by atoms with Gasteiger partial charge in [-0.2, -0.15) is 0 Å². The highest BCUT2D eigenvalue weighted by Gasteiger charge is 2.28. The van der Waals surface area contributed by atoms with Gasteiger partial charge in [-0.3, -0.25) is 4.79 Å². The first-order valence-electron chi connectivity index (χ1n) is 5.51. The summed E-state index contributed by atoms with van der Waals surface area (Å²) < 4.78 is 5.58. The smallest absolute Gasteiger partial charge is 0.223 e. The second-order valence-corrected chi connectivity index (χ2v) is 5.25. The molecule has 2 atom stereocenters. The molecule has 0 aromatic heterocycles. The summed E-state index contributed by atoms with van der Waals surface area (Å²) in [5, 5.41) is 0.797. The number of rotatable bonds is 3. The van der Waals surface area contributed by atoms with Crippen molar-refractivity contribution in [2.24, 2.45) is 5.92 Å². The third-order valence-electron chi connectivity index (χ3n) is 2.58. The van der Waals surface area contributed by atoms with Crippen molar-refractivity contribution < 1.29 is 9.53 Å². The van der Waals surface area contributed by atoms with Gasteiger partial charge in [0, 0.05) is 18.3 Å². The van der Waals surface area contributed by atoms with Crippen LogP contribution in [0.15, 0.2) is 0 Å². The van der Waals surface area contributed by atoms with E-state index in [1.54, 1.807) is 0 Å². The molecule has 0 aliphatic carbocycles. The number of halogens is 1. The Labute approximate surface area is 100 Å². The van der Waals surface area contributed by atoms with Crippen molar-refractivity contribution in [1.82, 2.24) is 4.90 Å². The van der Waals surface area contributed by atoms with E-state index < -0.39 is 0 Å². The fraction of sp³-hybridized carbons (Fsp3) is 0.909. The Kier molecular flexibility index (Phi) is 5.06. The quantitative estimate of drug-likeness (QED) is 0.739. The first-order valence-corrected chi connectivity index (χ1v) is 6.63. The van der Waals surface area contributed by atoms with Gasteiger partial charge in [0.05, 0.1) is 18.8 Å². The van der Waals surface area contributed by atoms with Gasteiger partial charge in [-0.05, 0) is 12.8 Å². The molecule has 1 rings (SSSR count). The highest BCUT2D eigenvalue weighted by atomic mass is 79.9. The Balaban J connectivity index is 2.53. The fourth-order valence-electron chi connectivity index (χ4n) is 1.72. The Bertz CT molecular complexity index is 221. The van der Waals surface area contributed by atoms with Crippen molar-refractivity contribution in [3.05, 3.63) is 0 Å². The van der Waals surface area contributed by atoms with Crippen molar-refractivity contribution in [2.75, 3.05) is 18.5 Å². The van der Waals surface area contributed by atoms with Crippen LogP contribution in [0.5, 0.6) is 0 Å². The molecule has 2 unspecified atom stereocenters. The third-order valence-corrected chi connectivity index (χ3v) is 3.30. The van der Waals surface area contributed by atoms with Gasteiger partial charge < -0.3 is 9.64 Å². The van der Waals surface area contributed by atoms with Crippen LogP contribution in [0, 0.1) is 5.92 Å². The first-order chi connectivity index (χ1) is 7.04. The number of alkyl halides is 1. The predicted octanol–water partition coefficient (Wildman–Crippen LogP) is 2.04. The van der Waals surface area contributed by atoms with Crippen molar-refractivity contribution in [1.29, 1.82) is 0 Å². The zero-order chi connectivity index (χ0) is 11.4. The largest absolute Gasteiger partial charge is 0.373 e. The van der Waals surface area contributed by atoms with Gasteiger partial charge in [-0.15, -0.1) is 0 Å². The number of hydrogen-bond donors (Lipinski definition) is 0. The van der Waals surface area contributed by atoms with Crippen LogP contribution in [0.3, 0.4) is 0 Å². The molecule has 0 N–H and O–H groups in total. The third kappa shape index (κ3) is 3.76. The molecule has 4 heteroatoms. The Morgan fingerprint density at radius 3 is 2.80 bits per heavy atom. The predicted molar refractivity (Wildman–Crippen MR) is 64.2 cm³/mol. The molecule has 1 heterocycles. The van der Waals surface area contributed by atoms with Crippen molar-refractivity contribution in [3.63, 3.8) is 0 Å². The summed E-state index contributed by atoms with van der Waals surface area (Å²) in [6.07, 6.45) is 0.789. The minimum Gasteiger partial charge on any atom is -0.373 e. The lowest BCUT2D eigenvalue weighted by Gasteiger charge is -2.37. The number of carbonyl (C=O) groups excluding carboxylic acids is 1. The van der Waals surface area contributed by atoms with Crippen LogP contribution in [0.1, 0.15) is 27.2 Å². The standard InChI is InChI=1S/C11H20BrNO2/c1-8(2)4-11(14)13-6-10(5-12)15-7-9(13)3/h8-10H,4-7H2,1-3H3. The molecule has 3 nitrogen and oxygen atoms in total. The number of ether oxygens (including phenoxy) is 1. The molecule has 1 amide bonds. The molecule has 1 saturated heterocycles. The summed E-state index contributed by atoms with van der Waals surface area (Å²) in [5.74, 6) is 0.682. The number of nitrogens with zero attached hydrogens (tertiary/aromatic N) is 1. The van der Waals surface area contributed by atoms with Crippen LogP contribution in [-0.2, 0) is 9.53 Å². The van der Waals surface area contributed by atoms with E-state index >= 15 is 0 Å². The summed E-state index contributed by atoms with van der Waals surface area (Å²) in [5.41, 5.74) is 0. The molecule has 0 aromatic carbocycles. The zero-order valence-corrected chi connectivity index (χ0v) is 11.3. The van der Waals surface area contributed by atoms with Crippen molar-refractivity contribution in [3.8, 4) is 0 Å². The highest BCUT2D eigenvalue weighted by molar-refractivity contribution is 9.09. The van der Waals surface area contributed by atoms with E-state index in [2.05, 4.69) is 29.8 Å². The SMILES string of the molecule is CC(C)CC(=O)N1CC(CBr)OCC1C. The lowest BCUT2D eigenvalue weighted by atomic mass is 10.1. The maximum atomic E-state index is 11.9. The highest BCUT2D eigenvalue weighted by Crippen LogP contribution is 2.16. The molecule has 1 aliphatic rings. The van der Waals surface area contributed by atoms with Crippen LogP contribution in [0.2, 0.25) is 0 Å². The molecule has 1 fully saturated rings. The van der Waals surface area contributed by atoms with Crippen molar-refractivity contribution >= 4 is 21.8 Å². The summed E-state index contributed by atoms with van der Waals surface area (Å²) in [6.45, 7) is 7.57.